The summed E-state index contributed by atoms with van der Waals surface area (Å²) in [5.41, 5.74) is 4.65. The lowest BCUT2D eigenvalue weighted by Gasteiger charge is -2.32. The van der Waals surface area contributed by atoms with Crippen molar-refractivity contribution in [3.63, 3.8) is 0 Å². The van der Waals surface area contributed by atoms with Crippen LogP contribution >= 0.6 is 0 Å². The molecule has 0 spiro atoms. The van der Waals surface area contributed by atoms with Crippen molar-refractivity contribution >= 4 is 17.0 Å². The summed E-state index contributed by atoms with van der Waals surface area (Å²) >= 11 is 0. The van der Waals surface area contributed by atoms with E-state index < -0.39 is 0 Å². The van der Waals surface area contributed by atoms with Crippen LogP contribution in [0.4, 0.5) is 5.95 Å². The van der Waals surface area contributed by atoms with Gasteiger partial charge in [-0.3, -0.25) is 4.98 Å². The second kappa shape index (κ2) is 9.31. The third-order valence-corrected chi connectivity index (χ3v) is 6.18. The minimum atomic E-state index is 0.451. The number of likely N-dealkylation sites (tertiary alicyclic amines) is 1. The van der Waals surface area contributed by atoms with Crippen LogP contribution in [-0.4, -0.2) is 45.1 Å². The van der Waals surface area contributed by atoms with E-state index in [2.05, 4.69) is 80.4 Å². The number of aromatic nitrogens is 3. The van der Waals surface area contributed by atoms with Crippen LogP contribution in [0.2, 0.25) is 0 Å². The number of rotatable bonds is 7. The maximum absolute atomic E-state index is 4.91. The Morgan fingerprint density at radius 1 is 0.871 bits per heavy atom. The zero-order valence-corrected chi connectivity index (χ0v) is 17.8. The number of benzene rings is 2. The number of imidazole rings is 1. The molecule has 2 aromatic heterocycles. The molecule has 0 radical (unpaired) electrons. The van der Waals surface area contributed by atoms with Crippen molar-refractivity contribution in [1.29, 1.82) is 0 Å². The van der Waals surface area contributed by atoms with Gasteiger partial charge in [-0.2, -0.15) is 0 Å². The number of nitrogens with one attached hydrogen (secondary N) is 1. The molecule has 3 heterocycles. The molecule has 1 aliphatic heterocycles. The molecular formula is C26H29N5. The van der Waals surface area contributed by atoms with Crippen molar-refractivity contribution in [2.45, 2.75) is 31.8 Å². The summed E-state index contributed by atoms with van der Waals surface area (Å²) in [5, 5.41) is 3.75. The number of hydrogen-bond acceptors (Lipinski definition) is 4. The van der Waals surface area contributed by atoms with E-state index in [0.29, 0.717) is 6.04 Å². The lowest BCUT2D eigenvalue weighted by atomic mass is 10.0. The quantitative estimate of drug-likeness (QED) is 0.483. The van der Waals surface area contributed by atoms with Crippen LogP contribution in [0.3, 0.4) is 0 Å². The highest BCUT2D eigenvalue weighted by Gasteiger charge is 2.21. The largest absolute Gasteiger partial charge is 0.353 e. The normalized spacial score (nSPS) is 15.4. The molecule has 31 heavy (non-hydrogen) atoms. The van der Waals surface area contributed by atoms with Crippen molar-refractivity contribution in [2.75, 3.05) is 25.0 Å². The Morgan fingerprint density at radius 3 is 2.45 bits per heavy atom. The lowest BCUT2D eigenvalue weighted by Crippen LogP contribution is -2.40. The minimum absolute atomic E-state index is 0.451. The fraction of sp³-hybridized carbons (Fsp3) is 0.308. The molecule has 0 saturated carbocycles. The molecule has 0 aliphatic carbocycles. The van der Waals surface area contributed by atoms with Crippen LogP contribution in [0.25, 0.3) is 11.0 Å². The fourth-order valence-corrected chi connectivity index (χ4v) is 4.41. The van der Waals surface area contributed by atoms with Crippen molar-refractivity contribution < 1.29 is 0 Å². The smallest absolute Gasteiger partial charge is 0.204 e. The van der Waals surface area contributed by atoms with Crippen LogP contribution in [0.5, 0.6) is 0 Å². The van der Waals surface area contributed by atoms with E-state index >= 15 is 0 Å². The first-order valence-corrected chi connectivity index (χ1v) is 11.2. The Hall–Kier alpha value is -3.18. The van der Waals surface area contributed by atoms with Gasteiger partial charge in [0.15, 0.2) is 0 Å². The van der Waals surface area contributed by atoms with Gasteiger partial charge in [0.05, 0.1) is 23.3 Å². The molecule has 2 aromatic carbocycles. The van der Waals surface area contributed by atoms with E-state index in [1.807, 2.05) is 18.3 Å². The summed E-state index contributed by atoms with van der Waals surface area (Å²) in [4.78, 5) is 12.0. The lowest BCUT2D eigenvalue weighted by molar-refractivity contribution is 0.221. The molecule has 0 amide bonds. The maximum Gasteiger partial charge on any atom is 0.204 e. The van der Waals surface area contributed by atoms with Gasteiger partial charge in [-0.1, -0.05) is 48.5 Å². The Bertz CT molecular complexity index is 1100. The monoisotopic (exact) mass is 411 g/mol. The summed E-state index contributed by atoms with van der Waals surface area (Å²) in [7, 11) is 0. The number of piperidine rings is 1. The van der Waals surface area contributed by atoms with Gasteiger partial charge in [-0.25, -0.2) is 4.98 Å². The molecule has 5 heteroatoms. The molecule has 1 fully saturated rings. The van der Waals surface area contributed by atoms with Crippen LogP contribution < -0.4 is 5.32 Å². The number of para-hydroxylation sites is 2. The summed E-state index contributed by atoms with van der Waals surface area (Å²) in [6.07, 6.45) is 5.26. The zero-order valence-electron chi connectivity index (χ0n) is 17.8. The predicted octanol–water partition coefficient (Wildman–Crippen LogP) is 4.60. The highest BCUT2D eigenvalue weighted by Crippen LogP contribution is 2.23. The molecule has 1 N–H and O–H groups in total. The van der Waals surface area contributed by atoms with Crippen molar-refractivity contribution in [1.82, 2.24) is 19.4 Å². The molecule has 1 aliphatic rings. The molecule has 4 aromatic rings. The number of pyridine rings is 1. The fourth-order valence-electron chi connectivity index (χ4n) is 4.41. The van der Waals surface area contributed by atoms with Gasteiger partial charge in [-0.15, -0.1) is 0 Å². The van der Waals surface area contributed by atoms with Gasteiger partial charge in [0.1, 0.15) is 0 Å². The van der Waals surface area contributed by atoms with E-state index in [1.165, 1.54) is 5.56 Å². The van der Waals surface area contributed by atoms with Gasteiger partial charge in [0, 0.05) is 31.9 Å². The Morgan fingerprint density at radius 2 is 1.65 bits per heavy atom. The Kier molecular flexibility index (Phi) is 5.94. The van der Waals surface area contributed by atoms with E-state index in [4.69, 9.17) is 4.98 Å². The van der Waals surface area contributed by atoms with Crippen molar-refractivity contribution in [3.05, 3.63) is 90.3 Å². The average Bonchev–Trinajstić information content (AvgIpc) is 3.17. The van der Waals surface area contributed by atoms with E-state index in [0.717, 1.165) is 68.1 Å². The number of anilines is 1. The SMILES string of the molecule is c1ccc(CCN2CCC(Nc3nc4ccccc4n3Cc3ccccn3)CC2)cc1. The van der Waals surface area contributed by atoms with Crippen LogP contribution in [-0.2, 0) is 13.0 Å². The maximum atomic E-state index is 4.91. The molecule has 158 valence electrons. The minimum Gasteiger partial charge on any atom is -0.353 e. The number of hydrogen-bond donors (Lipinski definition) is 1. The van der Waals surface area contributed by atoms with Crippen molar-refractivity contribution in [2.24, 2.45) is 0 Å². The molecule has 5 nitrogen and oxygen atoms in total. The Balaban J connectivity index is 1.24. The molecule has 5 rings (SSSR count). The third-order valence-electron chi connectivity index (χ3n) is 6.18. The van der Waals surface area contributed by atoms with Crippen LogP contribution in [0.15, 0.2) is 79.0 Å². The standard InChI is InChI=1S/C26H29N5/c1-2-8-21(9-3-1)13-17-30-18-14-22(15-19-30)28-26-29-24-11-4-5-12-25(24)31(26)20-23-10-6-7-16-27-23/h1-12,16,22H,13-15,17-20H2,(H,28,29). The Labute approximate surface area is 183 Å². The topological polar surface area (TPSA) is 46.0 Å². The average molecular weight is 412 g/mol. The first-order chi connectivity index (χ1) is 15.3. The summed E-state index contributed by atoms with van der Waals surface area (Å²) in [6, 6.07) is 25.7. The highest BCUT2D eigenvalue weighted by atomic mass is 15.2. The van der Waals surface area contributed by atoms with Gasteiger partial charge in [0.2, 0.25) is 5.95 Å². The van der Waals surface area contributed by atoms with Crippen LogP contribution in [0.1, 0.15) is 24.1 Å². The molecule has 0 atom stereocenters. The molecule has 0 bridgehead atoms. The van der Waals surface area contributed by atoms with E-state index in [1.54, 1.807) is 0 Å². The molecule has 0 unspecified atom stereocenters. The number of fused-ring (bicyclic) bond motifs is 1. The summed E-state index contributed by atoms with van der Waals surface area (Å²) < 4.78 is 2.26. The summed E-state index contributed by atoms with van der Waals surface area (Å²) in [6.45, 7) is 4.12. The predicted molar refractivity (Wildman–Crippen MR) is 126 cm³/mol. The van der Waals surface area contributed by atoms with E-state index in [9.17, 15) is 0 Å². The zero-order chi connectivity index (χ0) is 20.9. The van der Waals surface area contributed by atoms with Gasteiger partial charge >= 0.3 is 0 Å². The second-order valence-corrected chi connectivity index (χ2v) is 8.33. The first-order valence-electron chi connectivity index (χ1n) is 11.2. The van der Waals surface area contributed by atoms with Gasteiger partial charge in [-0.05, 0) is 49.1 Å². The van der Waals surface area contributed by atoms with Gasteiger partial charge < -0.3 is 14.8 Å². The third kappa shape index (κ3) is 4.78. The van der Waals surface area contributed by atoms with E-state index in [-0.39, 0.29) is 0 Å². The highest BCUT2D eigenvalue weighted by molar-refractivity contribution is 5.78. The first kappa shape index (κ1) is 19.8. The van der Waals surface area contributed by atoms with Crippen molar-refractivity contribution in [3.8, 4) is 0 Å². The molecular weight excluding hydrogens is 382 g/mol. The van der Waals surface area contributed by atoms with Gasteiger partial charge in [0.25, 0.3) is 0 Å². The summed E-state index contributed by atoms with van der Waals surface area (Å²) in [5.74, 6) is 0.953. The number of nitrogens with zero attached hydrogens (tertiary/aromatic N) is 4. The second-order valence-electron chi connectivity index (χ2n) is 8.33. The molecule has 1 saturated heterocycles. The van der Waals surface area contributed by atoms with Crippen LogP contribution in [0, 0.1) is 0 Å².